The largest absolute Gasteiger partial charge is 0.484 e. The molecule has 0 atom stereocenters. The van der Waals surface area contributed by atoms with Crippen LogP contribution in [0.5, 0.6) is 5.75 Å². The SMILES string of the molecule is CC(=O)N(C)c1ccc(NC(=O)COc2ccc(N3CCCC3=O)cc2)cc1. The van der Waals surface area contributed by atoms with E-state index in [9.17, 15) is 14.4 Å². The molecule has 1 saturated heterocycles. The van der Waals surface area contributed by atoms with E-state index in [-0.39, 0.29) is 24.3 Å². The van der Waals surface area contributed by atoms with Crippen molar-refractivity contribution in [2.24, 2.45) is 0 Å². The van der Waals surface area contributed by atoms with E-state index < -0.39 is 0 Å². The van der Waals surface area contributed by atoms with Crippen LogP contribution in [0.4, 0.5) is 17.1 Å². The van der Waals surface area contributed by atoms with Crippen molar-refractivity contribution < 1.29 is 19.1 Å². The van der Waals surface area contributed by atoms with E-state index in [2.05, 4.69) is 5.32 Å². The smallest absolute Gasteiger partial charge is 0.262 e. The summed E-state index contributed by atoms with van der Waals surface area (Å²) in [7, 11) is 1.69. The zero-order chi connectivity index (χ0) is 20.1. The molecule has 1 aliphatic heterocycles. The number of rotatable bonds is 6. The van der Waals surface area contributed by atoms with Gasteiger partial charge in [-0.05, 0) is 55.0 Å². The maximum absolute atomic E-state index is 12.1. The first-order valence-corrected chi connectivity index (χ1v) is 9.11. The molecule has 7 heteroatoms. The summed E-state index contributed by atoms with van der Waals surface area (Å²) in [5, 5.41) is 2.75. The Labute approximate surface area is 163 Å². The van der Waals surface area contributed by atoms with E-state index in [1.807, 2.05) is 12.1 Å². The van der Waals surface area contributed by atoms with Crippen LogP contribution < -0.4 is 19.9 Å². The lowest BCUT2D eigenvalue weighted by Gasteiger charge is -2.16. The van der Waals surface area contributed by atoms with Gasteiger partial charge in [-0.15, -0.1) is 0 Å². The first-order valence-electron chi connectivity index (χ1n) is 9.11. The van der Waals surface area contributed by atoms with E-state index in [0.29, 0.717) is 17.9 Å². The fourth-order valence-corrected chi connectivity index (χ4v) is 2.94. The van der Waals surface area contributed by atoms with E-state index in [0.717, 1.165) is 24.3 Å². The second kappa shape index (κ2) is 8.56. The summed E-state index contributed by atoms with van der Waals surface area (Å²) in [5.41, 5.74) is 2.21. The van der Waals surface area contributed by atoms with Gasteiger partial charge >= 0.3 is 0 Å². The van der Waals surface area contributed by atoms with Crippen molar-refractivity contribution in [2.75, 3.05) is 35.3 Å². The maximum Gasteiger partial charge on any atom is 0.262 e. The Kier molecular flexibility index (Phi) is 5.93. The predicted octanol–water partition coefficient (Wildman–Crippen LogP) is 2.81. The second-order valence-corrected chi connectivity index (χ2v) is 6.60. The lowest BCUT2D eigenvalue weighted by molar-refractivity contribution is -0.118. The molecule has 1 N–H and O–H groups in total. The van der Waals surface area contributed by atoms with Crippen LogP contribution in [-0.2, 0) is 14.4 Å². The first-order chi connectivity index (χ1) is 13.4. The number of carbonyl (C=O) groups excluding carboxylic acids is 3. The molecule has 0 bridgehead atoms. The van der Waals surface area contributed by atoms with Gasteiger partial charge in [0.1, 0.15) is 5.75 Å². The normalized spacial score (nSPS) is 13.4. The summed E-state index contributed by atoms with van der Waals surface area (Å²) in [5.74, 6) is 0.342. The standard InChI is InChI=1S/C21H23N3O4/c1-15(25)23(2)17-7-5-16(6-8-17)22-20(26)14-28-19-11-9-18(10-12-19)24-13-3-4-21(24)27/h5-12H,3-4,13-14H2,1-2H3,(H,22,26). The topological polar surface area (TPSA) is 79.0 Å². The molecule has 3 amide bonds. The quantitative estimate of drug-likeness (QED) is 0.835. The molecule has 0 aliphatic carbocycles. The number of nitrogens with zero attached hydrogens (tertiary/aromatic N) is 2. The number of nitrogens with one attached hydrogen (secondary N) is 1. The Bertz CT molecular complexity index is 862. The number of hydrogen-bond acceptors (Lipinski definition) is 4. The molecule has 1 fully saturated rings. The van der Waals surface area contributed by atoms with Crippen molar-refractivity contribution in [1.82, 2.24) is 0 Å². The molecule has 2 aromatic carbocycles. The number of ether oxygens (including phenoxy) is 1. The van der Waals surface area contributed by atoms with Gasteiger partial charge < -0.3 is 19.9 Å². The van der Waals surface area contributed by atoms with Crippen LogP contribution >= 0.6 is 0 Å². The minimum atomic E-state index is -0.286. The molecule has 28 heavy (non-hydrogen) atoms. The van der Waals surface area contributed by atoms with Crippen LogP contribution in [0.15, 0.2) is 48.5 Å². The summed E-state index contributed by atoms with van der Waals surface area (Å²) in [4.78, 5) is 38.5. The van der Waals surface area contributed by atoms with Crippen molar-refractivity contribution >= 4 is 34.8 Å². The third kappa shape index (κ3) is 4.68. The summed E-state index contributed by atoms with van der Waals surface area (Å²) >= 11 is 0. The van der Waals surface area contributed by atoms with Gasteiger partial charge in [0.05, 0.1) is 0 Å². The molecule has 1 aliphatic rings. The van der Waals surface area contributed by atoms with Crippen LogP contribution in [0.1, 0.15) is 19.8 Å². The van der Waals surface area contributed by atoms with Gasteiger partial charge in [-0.3, -0.25) is 14.4 Å². The van der Waals surface area contributed by atoms with Gasteiger partial charge in [0.25, 0.3) is 5.91 Å². The van der Waals surface area contributed by atoms with Crippen molar-refractivity contribution in [2.45, 2.75) is 19.8 Å². The number of amides is 3. The highest BCUT2D eigenvalue weighted by Gasteiger charge is 2.21. The highest BCUT2D eigenvalue weighted by atomic mass is 16.5. The minimum Gasteiger partial charge on any atom is -0.484 e. The Morgan fingerprint density at radius 1 is 1.11 bits per heavy atom. The highest BCUT2D eigenvalue weighted by molar-refractivity contribution is 5.95. The lowest BCUT2D eigenvalue weighted by Crippen LogP contribution is -2.23. The molecule has 146 valence electrons. The van der Waals surface area contributed by atoms with Crippen molar-refractivity contribution in [3.63, 3.8) is 0 Å². The third-order valence-electron chi connectivity index (χ3n) is 4.60. The molecule has 0 spiro atoms. The van der Waals surface area contributed by atoms with Gasteiger partial charge in [-0.1, -0.05) is 0 Å². The fraction of sp³-hybridized carbons (Fsp3) is 0.286. The Morgan fingerprint density at radius 3 is 2.36 bits per heavy atom. The summed E-state index contributed by atoms with van der Waals surface area (Å²) in [6, 6.07) is 14.1. The minimum absolute atomic E-state index is 0.0645. The average molecular weight is 381 g/mol. The molecule has 0 saturated carbocycles. The molecule has 7 nitrogen and oxygen atoms in total. The first kappa shape index (κ1) is 19.4. The van der Waals surface area contributed by atoms with Crippen molar-refractivity contribution in [1.29, 1.82) is 0 Å². The summed E-state index contributed by atoms with van der Waals surface area (Å²) in [6.45, 7) is 2.10. The van der Waals surface area contributed by atoms with Crippen LogP contribution in [0.25, 0.3) is 0 Å². The van der Waals surface area contributed by atoms with E-state index in [1.165, 1.54) is 11.8 Å². The van der Waals surface area contributed by atoms with Crippen LogP contribution in [0.2, 0.25) is 0 Å². The van der Waals surface area contributed by atoms with E-state index >= 15 is 0 Å². The average Bonchev–Trinajstić information content (AvgIpc) is 3.12. The zero-order valence-electron chi connectivity index (χ0n) is 16.0. The Balaban J connectivity index is 1.50. The molecular formula is C21H23N3O4. The molecular weight excluding hydrogens is 358 g/mol. The highest BCUT2D eigenvalue weighted by Crippen LogP contribution is 2.24. The summed E-state index contributed by atoms with van der Waals surface area (Å²) in [6.07, 6.45) is 1.47. The lowest BCUT2D eigenvalue weighted by atomic mass is 10.2. The molecule has 1 heterocycles. The second-order valence-electron chi connectivity index (χ2n) is 6.60. The number of hydrogen-bond donors (Lipinski definition) is 1. The molecule has 3 rings (SSSR count). The van der Waals surface area contributed by atoms with Gasteiger partial charge in [-0.25, -0.2) is 0 Å². The fourth-order valence-electron chi connectivity index (χ4n) is 2.94. The van der Waals surface area contributed by atoms with E-state index in [1.54, 1.807) is 48.3 Å². The van der Waals surface area contributed by atoms with Crippen LogP contribution in [0, 0.1) is 0 Å². The van der Waals surface area contributed by atoms with Gasteiger partial charge in [0.15, 0.2) is 6.61 Å². The molecule has 2 aromatic rings. The third-order valence-corrected chi connectivity index (χ3v) is 4.60. The number of anilines is 3. The zero-order valence-corrected chi connectivity index (χ0v) is 16.0. The van der Waals surface area contributed by atoms with Crippen LogP contribution in [0.3, 0.4) is 0 Å². The summed E-state index contributed by atoms with van der Waals surface area (Å²) < 4.78 is 5.51. The number of carbonyl (C=O) groups is 3. The molecule has 0 unspecified atom stereocenters. The monoisotopic (exact) mass is 381 g/mol. The van der Waals surface area contributed by atoms with Crippen molar-refractivity contribution in [3.8, 4) is 5.75 Å². The Hall–Kier alpha value is -3.35. The van der Waals surface area contributed by atoms with E-state index in [4.69, 9.17) is 4.74 Å². The Morgan fingerprint density at radius 2 is 1.79 bits per heavy atom. The van der Waals surface area contributed by atoms with Gasteiger partial charge in [-0.2, -0.15) is 0 Å². The molecule has 0 radical (unpaired) electrons. The maximum atomic E-state index is 12.1. The molecule has 0 aromatic heterocycles. The van der Waals surface area contributed by atoms with Crippen molar-refractivity contribution in [3.05, 3.63) is 48.5 Å². The van der Waals surface area contributed by atoms with Gasteiger partial charge in [0.2, 0.25) is 11.8 Å². The number of benzene rings is 2. The van der Waals surface area contributed by atoms with Gasteiger partial charge in [0, 0.05) is 44.0 Å². The van der Waals surface area contributed by atoms with Crippen LogP contribution in [-0.4, -0.2) is 37.9 Å². The predicted molar refractivity (Wildman–Crippen MR) is 108 cm³/mol.